The van der Waals surface area contributed by atoms with Crippen LogP contribution >= 0.6 is 35.3 Å². The molecule has 1 fully saturated rings. The quantitative estimate of drug-likeness (QED) is 0.302. The van der Waals surface area contributed by atoms with E-state index < -0.39 is 0 Å². The van der Waals surface area contributed by atoms with E-state index in [0.29, 0.717) is 38.6 Å². The number of aliphatic imine (C=N–C) groups is 1. The third kappa shape index (κ3) is 7.58. The minimum atomic E-state index is -0.233. The number of benzene rings is 1. The third-order valence-electron chi connectivity index (χ3n) is 5.18. The van der Waals surface area contributed by atoms with Crippen LogP contribution in [0.1, 0.15) is 28.9 Å². The molecule has 7 nitrogen and oxygen atoms in total. The van der Waals surface area contributed by atoms with Crippen molar-refractivity contribution in [3.05, 3.63) is 45.7 Å². The first-order valence-electron chi connectivity index (χ1n) is 10.7. The average Bonchev–Trinajstić information content (AvgIpc) is 3.09. The SMILES string of the molecule is CCNC(=NCc1sc(C)nc1C)NCCC(=O)N1CCN(c2ccc(F)cc2)CC1.I. The number of hydrogen-bond acceptors (Lipinski definition) is 5. The fraction of sp³-hybridized carbons (Fsp3) is 0.500. The maximum Gasteiger partial charge on any atom is 0.224 e. The Morgan fingerprint density at radius 3 is 2.44 bits per heavy atom. The van der Waals surface area contributed by atoms with E-state index in [-0.39, 0.29) is 35.7 Å². The Bertz CT molecular complexity index is 896. The molecule has 0 radical (unpaired) electrons. The van der Waals surface area contributed by atoms with Crippen LogP contribution in [0.4, 0.5) is 10.1 Å². The summed E-state index contributed by atoms with van der Waals surface area (Å²) in [6.07, 6.45) is 0.416. The molecule has 1 aromatic carbocycles. The molecule has 0 bridgehead atoms. The zero-order valence-electron chi connectivity index (χ0n) is 18.9. The first-order valence-corrected chi connectivity index (χ1v) is 11.5. The van der Waals surface area contributed by atoms with Crippen LogP contribution in [0.3, 0.4) is 0 Å². The first kappa shape index (κ1) is 26.3. The second-order valence-electron chi connectivity index (χ2n) is 7.46. The molecule has 1 saturated heterocycles. The van der Waals surface area contributed by atoms with Gasteiger partial charge in [0.15, 0.2) is 5.96 Å². The molecule has 2 N–H and O–H groups in total. The highest BCUT2D eigenvalue weighted by Crippen LogP contribution is 2.18. The summed E-state index contributed by atoms with van der Waals surface area (Å²) < 4.78 is 13.1. The Labute approximate surface area is 210 Å². The molecule has 0 atom stereocenters. The van der Waals surface area contributed by atoms with Gasteiger partial charge in [-0.3, -0.25) is 4.79 Å². The fourth-order valence-corrected chi connectivity index (χ4v) is 4.39. The van der Waals surface area contributed by atoms with Gasteiger partial charge in [-0.05, 0) is 45.0 Å². The number of hydrogen-bond donors (Lipinski definition) is 2. The molecule has 0 unspecified atom stereocenters. The molecule has 0 aliphatic carbocycles. The molecule has 1 aliphatic rings. The summed E-state index contributed by atoms with van der Waals surface area (Å²) in [4.78, 5) is 26.9. The van der Waals surface area contributed by atoms with Crippen LogP contribution in [-0.2, 0) is 11.3 Å². The molecule has 0 saturated carbocycles. The van der Waals surface area contributed by atoms with Crippen molar-refractivity contribution in [3.8, 4) is 0 Å². The maximum atomic E-state index is 13.1. The van der Waals surface area contributed by atoms with Gasteiger partial charge >= 0.3 is 0 Å². The van der Waals surface area contributed by atoms with Crippen LogP contribution in [0, 0.1) is 19.7 Å². The Balaban J connectivity index is 0.00000363. The Morgan fingerprint density at radius 1 is 1.16 bits per heavy atom. The normalized spacial score (nSPS) is 14.2. The molecule has 2 heterocycles. The van der Waals surface area contributed by atoms with Crippen LogP contribution in [-0.4, -0.2) is 61.0 Å². The highest BCUT2D eigenvalue weighted by atomic mass is 127. The molecule has 3 rings (SSSR count). The number of amides is 1. The second-order valence-corrected chi connectivity index (χ2v) is 8.75. The van der Waals surface area contributed by atoms with Crippen molar-refractivity contribution in [1.82, 2.24) is 20.5 Å². The standard InChI is InChI=1S/C22H31FN6OS.HI/c1-4-24-22(26-15-20-16(2)27-17(3)31-20)25-10-9-21(30)29-13-11-28(12-14-29)19-7-5-18(23)6-8-19;/h5-8H,4,9-15H2,1-3H3,(H2,24,25,26);1H. The van der Waals surface area contributed by atoms with Gasteiger partial charge in [-0.2, -0.15) is 0 Å². The highest BCUT2D eigenvalue weighted by Gasteiger charge is 2.21. The molecule has 1 amide bonds. The lowest BCUT2D eigenvalue weighted by Gasteiger charge is -2.36. The summed E-state index contributed by atoms with van der Waals surface area (Å²) >= 11 is 1.66. The number of rotatable bonds is 7. The highest BCUT2D eigenvalue weighted by molar-refractivity contribution is 14.0. The number of nitrogens with zero attached hydrogens (tertiary/aromatic N) is 4. The van der Waals surface area contributed by atoms with Gasteiger partial charge in [0, 0.05) is 56.3 Å². The number of aromatic nitrogens is 1. The van der Waals surface area contributed by atoms with Gasteiger partial charge in [0.25, 0.3) is 0 Å². The van der Waals surface area contributed by atoms with Crippen molar-refractivity contribution in [2.75, 3.05) is 44.2 Å². The van der Waals surface area contributed by atoms with E-state index in [9.17, 15) is 9.18 Å². The maximum absolute atomic E-state index is 13.1. The van der Waals surface area contributed by atoms with Crippen LogP contribution in [0.5, 0.6) is 0 Å². The van der Waals surface area contributed by atoms with Gasteiger partial charge in [-0.1, -0.05) is 0 Å². The van der Waals surface area contributed by atoms with Gasteiger partial charge in [0.2, 0.25) is 5.91 Å². The molecule has 0 spiro atoms. The van der Waals surface area contributed by atoms with Gasteiger partial charge in [0.1, 0.15) is 5.82 Å². The van der Waals surface area contributed by atoms with E-state index in [4.69, 9.17) is 0 Å². The van der Waals surface area contributed by atoms with Crippen molar-refractivity contribution in [2.24, 2.45) is 4.99 Å². The van der Waals surface area contributed by atoms with E-state index in [1.54, 1.807) is 23.5 Å². The van der Waals surface area contributed by atoms with Crippen molar-refractivity contribution in [3.63, 3.8) is 0 Å². The largest absolute Gasteiger partial charge is 0.368 e. The van der Waals surface area contributed by atoms with Crippen LogP contribution in [0.25, 0.3) is 0 Å². The lowest BCUT2D eigenvalue weighted by atomic mass is 10.2. The Kier molecular flexibility index (Phi) is 10.6. The predicted octanol–water partition coefficient (Wildman–Crippen LogP) is 3.31. The number of nitrogens with one attached hydrogen (secondary N) is 2. The molecular weight excluding hydrogens is 542 g/mol. The van der Waals surface area contributed by atoms with E-state index in [2.05, 4.69) is 25.5 Å². The molecule has 176 valence electrons. The minimum absolute atomic E-state index is 0. The molecule has 2 aromatic rings. The van der Waals surface area contributed by atoms with Crippen LogP contribution in [0.2, 0.25) is 0 Å². The van der Waals surface area contributed by atoms with E-state index in [1.807, 2.05) is 25.7 Å². The van der Waals surface area contributed by atoms with Gasteiger partial charge in [-0.25, -0.2) is 14.4 Å². The lowest BCUT2D eigenvalue weighted by molar-refractivity contribution is -0.131. The molecule has 1 aromatic heterocycles. The Morgan fingerprint density at radius 2 is 1.84 bits per heavy atom. The van der Waals surface area contributed by atoms with Crippen LogP contribution in [0.15, 0.2) is 29.3 Å². The topological polar surface area (TPSA) is 72.9 Å². The second kappa shape index (κ2) is 12.9. The smallest absolute Gasteiger partial charge is 0.224 e. The molecule has 1 aliphatic heterocycles. The van der Waals surface area contributed by atoms with Crippen LogP contribution < -0.4 is 15.5 Å². The van der Waals surface area contributed by atoms with Crippen molar-refractivity contribution >= 4 is 52.9 Å². The zero-order valence-corrected chi connectivity index (χ0v) is 22.0. The summed E-state index contributed by atoms with van der Waals surface area (Å²) in [7, 11) is 0. The average molecular weight is 575 g/mol. The molecule has 10 heteroatoms. The minimum Gasteiger partial charge on any atom is -0.368 e. The Hall–Kier alpha value is -1.95. The first-order chi connectivity index (χ1) is 15.0. The van der Waals surface area contributed by atoms with Gasteiger partial charge in [0.05, 0.1) is 17.2 Å². The number of anilines is 1. The number of thiazole rings is 1. The summed E-state index contributed by atoms with van der Waals surface area (Å²) in [6.45, 7) is 10.7. The predicted molar refractivity (Wildman–Crippen MR) is 140 cm³/mol. The summed E-state index contributed by atoms with van der Waals surface area (Å²) in [6, 6.07) is 6.51. The lowest BCUT2D eigenvalue weighted by Crippen LogP contribution is -2.49. The molecular formula is C22H32FIN6OS. The van der Waals surface area contributed by atoms with Gasteiger partial charge < -0.3 is 20.4 Å². The fourth-order valence-electron chi connectivity index (χ4n) is 3.52. The van der Waals surface area contributed by atoms with Crippen molar-refractivity contribution < 1.29 is 9.18 Å². The number of halogens is 2. The number of piperazine rings is 1. The number of guanidine groups is 1. The zero-order chi connectivity index (χ0) is 22.2. The summed E-state index contributed by atoms with van der Waals surface area (Å²) in [5.74, 6) is 0.612. The third-order valence-corrected chi connectivity index (χ3v) is 6.24. The van der Waals surface area contributed by atoms with E-state index in [0.717, 1.165) is 40.9 Å². The van der Waals surface area contributed by atoms with Gasteiger partial charge in [-0.15, -0.1) is 35.3 Å². The summed E-state index contributed by atoms with van der Waals surface area (Å²) in [5, 5.41) is 7.53. The van der Waals surface area contributed by atoms with E-state index >= 15 is 0 Å². The van der Waals surface area contributed by atoms with E-state index in [1.165, 1.54) is 12.1 Å². The monoisotopic (exact) mass is 574 g/mol. The number of carbonyl (C=O) groups excluding carboxylic acids is 1. The number of carbonyl (C=O) groups is 1. The molecule has 32 heavy (non-hydrogen) atoms. The van der Waals surface area contributed by atoms with Crippen molar-refractivity contribution in [2.45, 2.75) is 33.7 Å². The number of aryl methyl sites for hydroxylation is 2. The van der Waals surface area contributed by atoms with Crippen molar-refractivity contribution in [1.29, 1.82) is 0 Å². The summed E-state index contributed by atoms with van der Waals surface area (Å²) in [5.41, 5.74) is 2.02.